The second-order valence-electron chi connectivity index (χ2n) is 5.17. The number of nitrogens with zero attached hydrogens (tertiary/aromatic N) is 6. The van der Waals surface area contributed by atoms with Crippen LogP contribution in [0.5, 0.6) is 0 Å². The summed E-state index contributed by atoms with van der Waals surface area (Å²) in [6.45, 7) is 1.65. The number of carbonyl (C=O) groups excluding carboxylic acids is 1. The average Bonchev–Trinajstić information content (AvgIpc) is 3.13. The number of hydrogen-bond acceptors (Lipinski definition) is 8. The molecule has 0 aliphatic heterocycles. The van der Waals surface area contributed by atoms with Crippen molar-refractivity contribution in [1.29, 1.82) is 0 Å². The highest BCUT2D eigenvalue weighted by molar-refractivity contribution is 5.94. The van der Waals surface area contributed by atoms with Gasteiger partial charge in [0.2, 0.25) is 11.6 Å². The minimum atomic E-state index is -0.461. The number of nitrogen functional groups attached to an aromatic ring is 1. The molecular formula is C13H16N8O2. The standard InChI is InChI=1S/C13H16N8O2/c1-8-10(21(20-16-8)12-11(14)18-23-19-12)13(22)17-15-7-9-5-3-2-4-6-9/h2-3,7,9H,4-6H2,1H3,(H2,14,18)(H,17,22)/b15-7+. The second kappa shape index (κ2) is 6.38. The van der Waals surface area contributed by atoms with Crippen molar-refractivity contribution in [1.82, 2.24) is 30.7 Å². The Kier molecular flexibility index (Phi) is 4.13. The number of hydrogen-bond donors (Lipinski definition) is 2. The summed E-state index contributed by atoms with van der Waals surface area (Å²) in [5.74, 6) is -0.00379. The highest BCUT2D eigenvalue weighted by Crippen LogP contribution is 2.16. The molecule has 3 rings (SSSR count). The van der Waals surface area contributed by atoms with Crippen LogP contribution in [-0.4, -0.2) is 37.4 Å². The maximum Gasteiger partial charge on any atom is 0.292 e. The van der Waals surface area contributed by atoms with Gasteiger partial charge in [-0.1, -0.05) is 17.4 Å². The van der Waals surface area contributed by atoms with Gasteiger partial charge in [0.25, 0.3) is 5.91 Å². The Morgan fingerprint density at radius 1 is 1.52 bits per heavy atom. The van der Waals surface area contributed by atoms with E-state index in [0.717, 1.165) is 19.3 Å². The normalized spacial score (nSPS) is 17.7. The van der Waals surface area contributed by atoms with E-state index < -0.39 is 5.91 Å². The zero-order valence-electron chi connectivity index (χ0n) is 12.5. The van der Waals surface area contributed by atoms with E-state index in [9.17, 15) is 4.79 Å². The molecule has 0 radical (unpaired) electrons. The Balaban J connectivity index is 1.75. The zero-order chi connectivity index (χ0) is 16.2. The summed E-state index contributed by atoms with van der Waals surface area (Å²) in [6, 6.07) is 0. The van der Waals surface area contributed by atoms with Gasteiger partial charge in [0.15, 0.2) is 5.69 Å². The Morgan fingerprint density at radius 3 is 3.09 bits per heavy atom. The van der Waals surface area contributed by atoms with Gasteiger partial charge in [-0.3, -0.25) is 4.79 Å². The van der Waals surface area contributed by atoms with E-state index in [4.69, 9.17) is 5.73 Å². The molecule has 10 nitrogen and oxygen atoms in total. The first-order chi connectivity index (χ1) is 11.2. The summed E-state index contributed by atoms with van der Waals surface area (Å²) in [7, 11) is 0. The maximum absolute atomic E-state index is 12.3. The topological polar surface area (TPSA) is 137 Å². The van der Waals surface area contributed by atoms with Crippen LogP contribution < -0.4 is 11.2 Å². The first-order valence-corrected chi connectivity index (χ1v) is 7.16. The number of allylic oxidation sites excluding steroid dienone is 2. The molecule has 1 aliphatic rings. The van der Waals surface area contributed by atoms with Crippen molar-refractivity contribution in [2.45, 2.75) is 26.2 Å². The van der Waals surface area contributed by atoms with Gasteiger partial charge >= 0.3 is 0 Å². The molecule has 0 spiro atoms. The monoisotopic (exact) mass is 316 g/mol. The summed E-state index contributed by atoms with van der Waals surface area (Å²) in [5.41, 5.74) is 8.70. The number of rotatable bonds is 4. The van der Waals surface area contributed by atoms with Crippen LogP contribution in [0.15, 0.2) is 21.9 Å². The molecule has 0 saturated carbocycles. The fourth-order valence-corrected chi connectivity index (χ4v) is 2.31. The van der Waals surface area contributed by atoms with Crippen molar-refractivity contribution in [3.8, 4) is 5.82 Å². The van der Waals surface area contributed by atoms with Gasteiger partial charge in [-0.25, -0.2) is 10.1 Å². The number of nitrogens with one attached hydrogen (secondary N) is 1. The molecule has 2 aromatic heterocycles. The van der Waals surface area contributed by atoms with Crippen LogP contribution in [0.4, 0.5) is 5.82 Å². The highest BCUT2D eigenvalue weighted by atomic mass is 16.6. The smallest absolute Gasteiger partial charge is 0.292 e. The van der Waals surface area contributed by atoms with Crippen LogP contribution in [0.1, 0.15) is 35.4 Å². The molecule has 1 aliphatic carbocycles. The number of hydrazone groups is 1. The van der Waals surface area contributed by atoms with Gasteiger partial charge < -0.3 is 5.73 Å². The van der Waals surface area contributed by atoms with Gasteiger partial charge in [-0.05, 0) is 42.4 Å². The fraction of sp³-hybridized carbons (Fsp3) is 0.385. The molecule has 0 bridgehead atoms. The quantitative estimate of drug-likeness (QED) is 0.479. The minimum absolute atomic E-state index is 0.0152. The van der Waals surface area contributed by atoms with Crippen LogP contribution in [0, 0.1) is 12.8 Å². The van der Waals surface area contributed by atoms with Crippen molar-refractivity contribution in [2.24, 2.45) is 11.0 Å². The Labute approximate surface area is 131 Å². The predicted octanol–water partition coefficient (Wildman–Crippen LogP) is 0.613. The van der Waals surface area contributed by atoms with E-state index in [1.807, 2.05) is 0 Å². The molecule has 2 aromatic rings. The molecule has 1 atom stereocenters. The van der Waals surface area contributed by atoms with Crippen molar-refractivity contribution in [3.05, 3.63) is 23.5 Å². The maximum atomic E-state index is 12.3. The Hall–Kier alpha value is -3.04. The summed E-state index contributed by atoms with van der Waals surface area (Å²) in [4.78, 5) is 12.3. The van der Waals surface area contributed by atoms with Crippen LogP contribution in [0.2, 0.25) is 0 Å². The number of anilines is 1. The van der Waals surface area contributed by atoms with Crippen LogP contribution in [-0.2, 0) is 0 Å². The third-order valence-electron chi connectivity index (χ3n) is 3.51. The first kappa shape index (κ1) is 14.9. The van der Waals surface area contributed by atoms with Crippen LogP contribution in [0.25, 0.3) is 5.82 Å². The number of aromatic nitrogens is 5. The third-order valence-corrected chi connectivity index (χ3v) is 3.51. The first-order valence-electron chi connectivity index (χ1n) is 7.16. The van der Waals surface area contributed by atoms with Gasteiger partial charge in [0.05, 0.1) is 5.69 Å². The summed E-state index contributed by atoms with van der Waals surface area (Å²) in [5, 5.41) is 18.8. The van der Waals surface area contributed by atoms with E-state index in [2.05, 4.69) is 47.9 Å². The lowest BCUT2D eigenvalue weighted by molar-refractivity contribution is 0.0946. The zero-order valence-corrected chi connectivity index (χ0v) is 12.5. The van der Waals surface area contributed by atoms with Crippen LogP contribution >= 0.6 is 0 Å². The minimum Gasteiger partial charge on any atom is -0.378 e. The lowest BCUT2D eigenvalue weighted by Gasteiger charge is -2.11. The van der Waals surface area contributed by atoms with Crippen molar-refractivity contribution in [2.75, 3.05) is 5.73 Å². The number of carbonyl (C=O) groups is 1. The Bertz CT molecular complexity index is 760. The highest BCUT2D eigenvalue weighted by Gasteiger charge is 2.22. The SMILES string of the molecule is Cc1nnn(-c2nonc2N)c1C(=O)N/N=C/C1CC=CCC1. The molecule has 120 valence electrons. The summed E-state index contributed by atoms with van der Waals surface area (Å²) < 4.78 is 5.70. The van der Waals surface area contributed by atoms with Gasteiger partial charge in [-0.15, -0.1) is 5.10 Å². The van der Waals surface area contributed by atoms with E-state index in [1.54, 1.807) is 13.1 Å². The molecule has 0 aromatic carbocycles. The van der Waals surface area contributed by atoms with Crippen LogP contribution in [0.3, 0.4) is 0 Å². The third kappa shape index (κ3) is 3.10. The number of aryl methyl sites for hydroxylation is 1. The summed E-state index contributed by atoms with van der Waals surface area (Å²) >= 11 is 0. The Morgan fingerprint density at radius 2 is 2.39 bits per heavy atom. The molecule has 2 heterocycles. The molecule has 10 heteroatoms. The second-order valence-corrected chi connectivity index (χ2v) is 5.17. The lowest BCUT2D eigenvalue weighted by atomic mass is 9.96. The molecule has 0 saturated heterocycles. The molecule has 23 heavy (non-hydrogen) atoms. The largest absolute Gasteiger partial charge is 0.378 e. The lowest BCUT2D eigenvalue weighted by Crippen LogP contribution is -2.23. The van der Waals surface area contributed by atoms with E-state index in [1.165, 1.54) is 4.68 Å². The van der Waals surface area contributed by atoms with Crippen molar-refractivity contribution < 1.29 is 9.42 Å². The predicted molar refractivity (Wildman–Crippen MR) is 80.8 cm³/mol. The molecular weight excluding hydrogens is 300 g/mol. The summed E-state index contributed by atoms with van der Waals surface area (Å²) in [6.07, 6.45) is 8.99. The van der Waals surface area contributed by atoms with Gasteiger partial charge in [0, 0.05) is 6.21 Å². The molecule has 1 amide bonds. The van der Waals surface area contributed by atoms with Gasteiger partial charge in [0.1, 0.15) is 0 Å². The number of nitrogens with two attached hydrogens (primary N) is 1. The molecule has 3 N–H and O–H groups in total. The van der Waals surface area contributed by atoms with E-state index in [-0.39, 0.29) is 17.3 Å². The molecule has 0 fully saturated rings. The van der Waals surface area contributed by atoms with E-state index in [0.29, 0.717) is 11.6 Å². The van der Waals surface area contributed by atoms with Crippen molar-refractivity contribution in [3.63, 3.8) is 0 Å². The van der Waals surface area contributed by atoms with E-state index >= 15 is 0 Å². The van der Waals surface area contributed by atoms with Gasteiger partial charge in [-0.2, -0.15) is 9.78 Å². The average molecular weight is 316 g/mol. The number of amides is 1. The van der Waals surface area contributed by atoms with Crippen molar-refractivity contribution >= 4 is 17.9 Å². The fourth-order valence-electron chi connectivity index (χ4n) is 2.31. The molecule has 1 unspecified atom stereocenters.